The first-order valence-corrected chi connectivity index (χ1v) is 2.72. The summed E-state index contributed by atoms with van der Waals surface area (Å²) in [6.07, 6.45) is 3.14. The molecule has 0 fully saturated rings. The smallest absolute Gasteiger partial charge is 0.153 e. The van der Waals surface area contributed by atoms with E-state index in [1.54, 1.807) is 6.08 Å². The largest absolute Gasteiger partial charge is 0.237 e. The lowest BCUT2D eigenvalue weighted by Gasteiger charge is -1.92. The highest BCUT2D eigenvalue weighted by Crippen LogP contribution is 2.36. The van der Waals surface area contributed by atoms with Crippen LogP contribution in [0.25, 0.3) is 0 Å². The highest BCUT2D eigenvalue weighted by molar-refractivity contribution is 5.57. The Hall–Kier alpha value is -0.920. The quantitative estimate of drug-likeness (QED) is 0.466. The third kappa shape index (κ3) is 0.453. The standard InChI is InChI=1S/C7H4F2/c8-6-3-4-1-2-5(6)7(4)9/h1-3,7H. The number of fused-ring (bicyclic) bond motifs is 2. The predicted molar refractivity (Wildman–Crippen MR) is 30.3 cm³/mol. The summed E-state index contributed by atoms with van der Waals surface area (Å²) in [5.41, 5.74) is 0.632. The number of hydrogen-bond donors (Lipinski definition) is 0. The lowest BCUT2D eigenvalue weighted by Crippen LogP contribution is -1.93. The fourth-order valence-corrected chi connectivity index (χ4v) is 1.09. The fourth-order valence-electron chi connectivity index (χ4n) is 1.09. The Kier molecular flexibility index (Phi) is 0.721. The Morgan fingerprint density at radius 2 is 2.11 bits per heavy atom. The maximum Gasteiger partial charge on any atom is 0.153 e. The Balaban J connectivity index is 2.60. The zero-order chi connectivity index (χ0) is 6.43. The Labute approximate surface area is 51.2 Å². The van der Waals surface area contributed by atoms with E-state index in [4.69, 9.17) is 0 Å². The van der Waals surface area contributed by atoms with Gasteiger partial charge in [-0.25, -0.2) is 8.78 Å². The number of alkyl halides is 1. The lowest BCUT2D eigenvalue weighted by atomic mass is 10.2. The number of hydrogen-bond acceptors (Lipinski definition) is 0. The molecule has 2 bridgehead atoms. The average molecular weight is 126 g/mol. The van der Waals surface area contributed by atoms with Crippen LogP contribution < -0.4 is 0 Å². The first-order valence-electron chi connectivity index (χ1n) is 2.72. The van der Waals surface area contributed by atoms with Crippen LogP contribution in [0.1, 0.15) is 0 Å². The topological polar surface area (TPSA) is 0 Å². The summed E-state index contributed by atoms with van der Waals surface area (Å²) >= 11 is 0. The van der Waals surface area contributed by atoms with Gasteiger partial charge in [0.2, 0.25) is 0 Å². The zero-order valence-corrected chi connectivity index (χ0v) is 4.57. The third-order valence-corrected chi connectivity index (χ3v) is 1.59. The van der Waals surface area contributed by atoms with Crippen LogP contribution in [-0.2, 0) is 0 Å². The van der Waals surface area contributed by atoms with Gasteiger partial charge in [-0.1, -0.05) is 12.2 Å². The van der Waals surface area contributed by atoms with Crippen molar-refractivity contribution in [2.75, 3.05) is 0 Å². The molecule has 0 radical (unpaired) electrons. The van der Waals surface area contributed by atoms with Crippen LogP contribution in [0, 0.1) is 0 Å². The Morgan fingerprint density at radius 3 is 2.33 bits per heavy atom. The summed E-state index contributed by atoms with van der Waals surface area (Å²) in [5, 5.41) is 0. The maximum atomic E-state index is 12.6. The molecule has 1 unspecified atom stereocenters. The molecule has 46 valence electrons. The molecule has 2 heteroatoms. The molecule has 0 amide bonds. The van der Waals surface area contributed by atoms with Crippen LogP contribution in [0.15, 0.2) is 35.2 Å². The second kappa shape index (κ2) is 1.32. The van der Waals surface area contributed by atoms with Gasteiger partial charge in [0.05, 0.1) is 0 Å². The van der Waals surface area contributed by atoms with Crippen molar-refractivity contribution in [3.63, 3.8) is 0 Å². The lowest BCUT2D eigenvalue weighted by molar-refractivity contribution is 0.450. The van der Waals surface area contributed by atoms with Crippen molar-refractivity contribution in [2.45, 2.75) is 6.17 Å². The Bertz CT molecular complexity index is 246. The van der Waals surface area contributed by atoms with E-state index >= 15 is 0 Å². The number of rotatable bonds is 0. The van der Waals surface area contributed by atoms with E-state index in [1.807, 2.05) is 0 Å². The van der Waals surface area contributed by atoms with Gasteiger partial charge in [0.1, 0.15) is 5.83 Å². The first kappa shape index (κ1) is 4.91. The van der Waals surface area contributed by atoms with Gasteiger partial charge in [0.25, 0.3) is 0 Å². The summed E-state index contributed by atoms with van der Waals surface area (Å²) in [6.45, 7) is 0. The minimum Gasteiger partial charge on any atom is -0.237 e. The number of allylic oxidation sites excluding steroid dienone is 6. The zero-order valence-electron chi connectivity index (χ0n) is 4.57. The van der Waals surface area contributed by atoms with Crippen molar-refractivity contribution >= 4 is 0 Å². The molecule has 0 aromatic rings. The van der Waals surface area contributed by atoms with Gasteiger partial charge in [-0.2, -0.15) is 0 Å². The van der Waals surface area contributed by atoms with Crippen molar-refractivity contribution in [1.82, 2.24) is 0 Å². The van der Waals surface area contributed by atoms with Gasteiger partial charge in [-0.05, 0) is 11.6 Å². The molecule has 0 nitrogen and oxygen atoms in total. The van der Waals surface area contributed by atoms with E-state index in [-0.39, 0.29) is 5.57 Å². The molecule has 0 aromatic heterocycles. The van der Waals surface area contributed by atoms with Crippen molar-refractivity contribution in [3.8, 4) is 0 Å². The molecule has 0 heterocycles. The molecule has 0 saturated carbocycles. The molecular formula is C7H4F2. The molecule has 0 N–H and O–H groups in total. The SMILES string of the molecule is FC1=C2C=CC(=C1)C2F. The van der Waals surface area contributed by atoms with Crippen LogP contribution >= 0.6 is 0 Å². The van der Waals surface area contributed by atoms with Gasteiger partial charge in [-0.3, -0.25) is 0 Å². The summed E-state index contributed by atoms with van der Waals surface area (Å²) in [6, 6.07) is 0. The molecule has 2 aliphatic rings. The van der Waals surface area contributed by atoms with Crippen molar-refractivity contribution < 1.29 is 8.78 Å². The molecular weight excluding hydrogens is 122 g/mol. The monoisotopic (exact) mass is 126 g/mol. The molecule has 0 aliphatic heterocycles. The van der Waals surface area contributed by atoms with Crippen LogP contribution in [0.4, 0.5) is 8.78 Å². The molecule has 1 atom stereocenters. The summed E-state index contributed by atoms with van der Waals surface area (Å²) < 4.78 is 25.0. The van der Waals surface area contributed by atoms with Crippen molar-refractivity contribution in [3.05, 3.63) is 35.2 Å². The second-order valence-corrected chi connectivity index (χ2v) is 2.14. The van der Waals surface area contributed by atoms with Gasteiger partial charge < -0.3 is 0 Å². The van der Waals surface area contributed by atoms with E-state index < -0.39 is 12.0 Å². The number of halogens is 2. The van der Waals surface area contributed by atoms with E-state index in [0.717, 1.165) is 0 Å². The van der Waals surface area contributed by atoms with Gasteiger partial charge in [0.15, 0.2) is 6.17 Å². The van der Waals surface area contributed by atoms with Gasteiger partial charge in [0, 0.05) is 5.57 Å². The van der Waals surface area contributed by atoms with E-state index in [0.29, 0.717) is 5.57 Å². The summed E-state index contributed by atoms with van der Waals surface area (Å²) in [5.74, 6) is -0.417. The molecule has 2 rings (SSSR count). The third-order valence-electron chi connectivity index (χ3n) is 1.59. The Morgan fingerprint density at radius 1 is 1.33 bits per heavy atom. The van der Waals surface area contributed by atoms with Crippen molar-refractivity contribution in [1.29, 1.82) is 0 Å². The van der Waals surface area contributed by atoms with Crippen LogP contribution in [0.3, 0.4) is 0 Å². The first-order chi connectivity index (χ1) is 4.29. The van der Waals surface area contributed by atoms with E-state index in [9.17, 15) is 8.78 Å². The van der Waals surface area contributed by atoms with Gasteiger partial charge in [-0.15, -0.1) is 0 Å². The van der Waals surface area contributed by atoms with Gasteiger partial charge >= 0.3 is 0 Å². The molecule has 0 saturated heterocycles. The molecule has 0 spiro atoms. The average Bonchev–Trinajstić information content (AvgIpc) is 2.25. The molecule has 0 aromatic carbocycles. The highest BCUT2D eigenvalue weighted by atomic mass is 19.1. The maximum absolute atomic E-state index is 12.6. The molecule has 2 aliphatic carbocycles. The van der Waals surface area contributed by atoms with E-state index in [2.05, 4.69) is 0 Å². The predicted octanol–water partition coefficient (Wildman–Crippen LogP) is 2.06. The summed E-state index contributed by atoms with van der Waals surface area (Å²) in [7, 11) is 0. The van der Waals surface area contributed by atoms with Crippen LogP contribution in [-0.4, -0.2) is 6.17 Å². The van der Waals surface area contributed by atoms with E-state index in [1.165, 1.54) is 12.2 Å². The van der Waals surface area contributed by atoms with Crippen molar-refractivity contribution in [2.24, 2.45) is 0 Å². The van der Waals surface area contributed by atoms with Crippen LogP contribution in [0.2, 0.25) is 0 Å². The van der Waals surface area contributed by atoms with Crippen LogP contribution in [0.5, 0.6) is 0 Å². The highest BCUT2D eigenvalue weighted by Gasteiger charge is 2.29. The minimum absolute atomic E-state index is 0.185. The summed E-state index contributed by atoms with van der Waals surface area (Å²) in [4.78, 5) is 0. The second-order valence-electron chi connectivity index (χ2n) is 2.14. The fraction of sp³-hybridized carbons (Fsp3) is 0.143. The minimum atomic E-state index is -1.18. The molecule has 9 heavy (non-hydrogen) atoms. The normalized spacial score (nSPS) is 30.0.